The topological polar surface area (TPSA) is 67.2 Å². The number of aryl methyl sites for hydroxylation is 1. The van der Waals surface area contributed by atoms with Gasteiger partial charge in [-0.15, -0.1) is 0 Å². The highest BCUT2D eigenvalue weighted by atomic mass is 16.2. The second-order valence-electron chi connectivity index (χ2n) is 10.0. The molecule has 1 saturated heterocycles. The van der Waals surface area contributed by atoms with Crippen molar-refractivity contribution in [1.82, 2.24) is 19.8 Å². The fraction of sp³-hybridized carbons (Fsp3) is 0.773. The van der Waals surface area contributed by atoms with Crippen molar-refractivity contribution in [1.29, 1.82) is 0 Å². The molecule has 0 radical (unpaired) electrons. The highest BCUT2D eigenvalue weighted by Crippen LogP contribution is 2.50. The van der Waals surface area contributed by atoms with Gasteiger partial charge in [0, 0.05) is 61.7 Å². The summed E-state index contributed by atoms with van der Waals surface area (Å²) in [6, 6.07) is 0. The molecule has 1 N–H and O–H groups in total. The van der Waals surface area contributed by atoms with Crippen molar-refractivity contribution in [2.75, 3.05) is 19.6 Å². The molecular weight excluding hydrogens is 352 g/mol. The van der Waals surface area contributed by atoms with Gasteiger partial charge in [0.15, 0.2) is 0 Å². The number of hydrogen-bond acceptors (Lipinski definition) is 3. The molecule has 152 valence electrons. The average molecular weight is 385 g/mol. The normalized spacial score (nSPS) is 28.6. The molecule has 5 rings (SSSR count). The lowest BCUT2D eigenvalue weighted by Gasteiger charge is -2.23. The first-order valence-electron chi connectivity index (χ1n) is 11.0. The summed E-state index contributed by atoms with van der Waals surface area (Å²) < 4.78 is 2.06. The van der Waals surface area contributed by atoms with Crippen LogP contribution in [0, 0.1) is 29.1 Å². The number of aromatic nitrogens is 2. The summed E-state index contributed by atoms with van der Waals surface area (Å²) >= 11 is 0. The predicted octanol–water partition coefficient (Wildman–Crippen LogP) is 2.31. The van der Waals surface area contributed by atoms with E-state index in [2.05, 4.69) is 19.8 Å². The number of carbonyl (C=O) groups is 2. The number of carbonyl (C=O) groups excluding carboxylic acids is 2. The number of nitrogens with zero attached hydrogens (tertiary/aromatic N) is 3. The van der Waals surface area contributed by atoms with Gasteiger partial charge < -0.3 is 14.8 Å². The van der Waals surface area contributed by atoms with Gasteiger partial charge in [-0.1, -0.05) is 6.92 Å². The van der Waals surface area contributed by atoms with Crippen LogP contribution in [0.3, 0.4) is 0 Å². The minimum Gasteiger partial charge on any atom is -0.355 e. The van der Waals surface area contributed by atoms with Gasteiger partial charge in [-0.3, -0.25) is 9.59 Å². The summed E-state index contributed by atoms with van der Waals surface area (Å²) in [5.41, 5.74) is 1.01. The molecule has 1 aromatic rings. The molecule has 4 fully saturated rings. The maximum atomic E-state index is 13.4. The van der Waals surface area contributed by atoms with E-state index in [0.717, 1.165) is 25.9 Å². The van der Waals surface area contributed by atoms with Gasteiger partial charge in [0.2, 0.25) is 11.8 Å². The van der Waals surface area contributed by atoms with Crippen molar-refractivity contribution >= 4 is 11.8 Å². The lowest BCUT2D eigenvalue weighted by atomic mass is 9.92. The van der Waals surface area contributed by atoms with E-state index < -0.39 is 0 Å². The van der Waals surface area contributed by atoms with E-state index in [4.69, 9.17) is 0 Å². The molecule has 0 aromatic carbocycles. The summed E-state index contributed by atoms with van der Waals surface area (Å²) in [4.78, 5) is 32.2. The van der Waals surface area contributed by atoms with Gasteiger partial charge in [0.25, 0.3) is 0 Å². The Morgan fingerprint density at radius 1 is 1.21 bits per heavy atom. The average Bonchev–Trinajstić information content (AvgIpc) is 3.60. The van der Waals surface area contributed by atoms with Crippen LogP contribution in [-0.4, -0.2) is 45.9 Å². The van der Waals surface area contributed by atoms with Crippen LogP contribution in [0.15, 0.2) is 12.5 Å². The minimum absolute atomic E-state index is 0.154. The molecule has 0 spiro atoms. The van der Waals surface area contributed by atoms with E-state index in [1.807, 2.05) is 26.5 Å². The Balaban J connectivity index is 1.31. The Morgan fingerprint density at radius 3 is 2.43 bits per heavy atom. The van der Waals surface area contributed by atoms with Crippen LogP contribution in [0.2, 0.25) is 0 Å². The minimum atomic E-state index is -0.154. The van der Waals surface area contributed by atoms with Gasteiger partial charge >= 0.3 is 0 Å². The van der Waals surface area contributed by atoms with Crippen LogP contribution in [0.4, 0.5) is 0 Å². The quantitative estimate of drug-likeness (QED) is 0.784. The van der Waals surface area contributed by atoms with Crippen LogP contribution in [-0.2, 0) is 16.6 Å². The van der Waals surface area contributed by atoms with E-state index in [0.29, 0.717) is 24.3 Å². The second kappa shape index (κ2) is 6.60. The molecule has 6 heteroatoms. The molecule has 0 bridgehead atoms. The van der Waals surface area contributed by atoms with E-state index in [1.54, 1.807) is 0 Å². The zero-order chi connectivity index (χ0) is 19.5. The Labute approximate surface area is 167 Å². The number of hydrogen-bond donors (Lipinski definition) is 1. The molecule has 2 amide bonds. The van der Waals surface area contributed by atoms with Crippen LogP contribution in [0.25, 0.3) is 0 Å². The number of nitrogens with one attached hydrogen (secondary N) is 1. The van der Waals surface area contributed by atoms with Gasteiger partial charge in [0.1, 0.15) is 0 Å². The fourth-order valence-corrected chi connectivity index (χ4v) is 5.08. The first-order chi connectivity index (χ1) is 13.5. The van der Waals surface area contributed by atoms with Crippen molar-refractivity contribution in [2.24, 2.45) is 36.1 Å². The standard InChI is InChI=1S/C22H32N4O2/c1-22(7-8-22)21(28)24-9-16-11-26(12-17(16)18-10-23-13-25(18)2)20(27)19(14-3-4-14)15-5-6-15/h10,13-17,19H,3-9,11-12H2,1-2H3,(H,24,28)/t16-,17-/m1/s1. The zero-order valence-electron chi connectivity index (χ0n) is 17.1. The molecule has 3 aliphatic carbocycles. The molecule has 1 aliphatic heterocycles. The van der Waals surface area contributed by atoms with Crippen LogP contribution in [0.5, 0.6) is 0 Å². The molecule has 28 heavy (non-hydrogen) atoms. The van der Waals surface area contributed by atoms with Gasteiger partial charge in [-0.05, 0) is 50.4 Å². The lowest BCUT2D eigenvalue weighted by Crippen LogP contribution is -2.38. The third-order valence-corrected chi connectivity index (χ3v) is 7.60. The Hall–Kier alpha value is -1.85. The van der Waals surface area contributed by atoms with Crippen molar-refractivity contribution in [3.05, 3.63) is 18.2 Å². The van der Waals surface area contributed by atoms with Crippen LogP contribution < -0.4 is 5.32 Å². The van der Waals surface area contributed by atoms with Crippen molar-refractivity contribution < 1.29 is 9.59 Å². The Kier molecular flexibility index (Phi) is 4.29. The summed E-state index contributed by atoms with van der Waals surface area (Å²) in [6.07, 6.45) is 10.6. The van der Waals surface area contributed by atoms with E-state index in [1.165, 1.54) is 31.4 Å². The summed E-state index contributed by atoms with van der Waals surface area (Å²) in [5, 5.41) is 3.19. The number of likely N-dealkylation sites (tertiary alicyclic amines) is 1. The highest BCUT2D eigenvalue weighted by molar-refractivity contribution is 5.84. The summed E-state index contributed by atoms with van der Waals surface area (Å²) in [5.74, 6) is 2.56. The van der Waals surface area contributed by atoms with Crippen molar-refractivity contribution in [3.8, 4) is 0 Å². The van der Waals surface area contributed by atoms with Gasteiger partial charge in [-0.2, -0.15) is 0 Å². The molecular formula is C22H32N4O2. The number of imidazole rings is 1. The highest BCUT2D eigenvalue weighted by Gasteiger charge is 2.49. The maximum Gasteiger partial charge on any atom is 0.226 e. The monoisotopic (exact) mass is 384 g/mol. The maximum absolute atomic E-state index is 13.4. The zero-order valence-corrected chi connectivity index (χ0v) is 17.1. The Morgan fingerprint density at radius 2 is 1.89 bits per heavy atom. The number of amides is 2. The third kappa shape index (κ3) is 3.35. The van der Waals surface area contributed by atoms with Crippen LogP contribution in [0.1, 0.15) is 57.1 Å². The molecule has 1 aromatic heterocycles. The molecule has 3 saturated carbocycles. The number of rotatable bonds is 7. The summed E-state index contributed by atoms with van der Waals surface area (Å²) in [6.45, 7) is 4.20. The third-order valence-electron chi connectivity index (χ3n) is 7.60. The molecule has 2 atom stereocenters. The second-order valence-corrected chi connectivity index (χ2v) is 10.0. The molecule has 0 unspecified atom stereocenters. The largest absolute Gasteiger partial charge is 0.355 e. The molecule has 2 heterocycles. The van der Waals surface area contributed by atoms with E-state index >= 15 is 0 Å². The summed E-state index contributed by atoms with van der Waals surface area (Å²) in [7, 11) is 2.02. The predicted molar refractivity (Wildman–Crippen MR) is 105 cm³/mol. The Bertz CT molecular complexity index is 763. The van der Waals surface area contributed by atoms with Crippen molar-refractivity contribution in [2.45, 2.75) is 51.4 Å². The van der Waals surface area contributed by atoms with Gasteiger partial charge in [0.05, 0.1) is 6.33 Å². The fourth-order valence-electron chi connectivity index (χ4n) is 5.08. The molecule has 6 nitrogen and oxygen atoms in total. The first kappa shape index (κ1) is 18.2. The van der Waals surface area contributed by atoms with Crippen molar-refractivity contribution in [3.63, 3.8) is 0 Å². The van der Waals surface area contributed by atoms with Crippen LogP contribution >= 0.6 is 0 Å². The smallest absolute Gasteiger partial charge is 0.226 e. The van der Waals surface area contributed by atoms with E-state index in [-0.39, 0.29) is 29.1 Å². The lowest BCUT2D eigenvalue weighted by molar-refractivity contribution is -0.136. The van der Waals surface area contributed by atoms with Gasteiger partial charge in [-0.25, -0.2) is 4.98 Å². The molecule has 4 aliphatic rings. The first-order valence-corrected chi connectivity index (χ1v) is 11.0. The SMILES string of the molecule is Cn1cncc1[C@@H]1CN(C(=O)C(C2CC2)C2CC2)C[C@H]1CNC(=O)C1(C)CC1. The van der Waals surface area contributed by atoms with E-state index in [9.17, 15) is 9.59 Å².